The van der Waals surface area contributed by atoms with Crippen molar-refractivity contribution in [3.8, 4) is 12.1 Å². The minimum Gasteiger partial charge on any atom is -0.451 e. The van der Waals surface area contributed by atoms with Crippen molar-refractivity contribution in [2.45, 2.75) is 421 Å². The zero-order valence-electron chi connectivity index (χ0n) is 82.1. The quantitative estimate of drug-likeness (QED) is 0.0341. The van der Waals surface area contributed by atoms with Crippen LogP contribution < -0.4 is 31.9 Å². The lowest BCUT2D eigenvalue weighted by molar-refractivity contribution is -0.164. The average Bonchev–Trinajstić information content (AvgIpc) is 1.75. The second-order valence-corrected chi connectivity index (χ2v) is 41.7. The number of nitrogens with one attached hydrogen (secondary N) is 6. The van der Waals surface area contributed by atoms with Crippen LogP contribution in [-0.4, -0.2) is 239 Å². The summed E-state index contributed by atoms with van der Waals surface area (Å²) in [5.41, 5.74) is -0.982. The summed E-state index contributed by atoms with van der Waals surface area (Å²) < 4.78 is 12.3. The molecule has 2 aliphatic carbocycles. The first-order chi connectivity index (χ1) is 59.5. The van der Waals surface area contributed by atoms with Crippen molar-refractivity contribution in [2.24, 2.45) is 58.2 Å². The van der Waals surface area contributed by atoms with E-state index >= 15 is 57.5 Å². The van der Waals surface area contributed by atoms with Gasteiger partial charge in [-0.2, -0.15) is 10.5 Å². The van der Waals surface area contributed by atoms with Gasteiger partial charge in [0.2, 0.25) is 59.1 Å². The topological polar surface area (TPSA) is 397 Å². The predicted molar refractivity (Wildman–Crippen MR) is 489 cm³/mol. The Labute approximate surface area is 761 Å². The molecule has 0 radical (unpaired) electrons. The summed E-state index contributed by atoms with van der Waals surface area (Å²) in [4.78, 5) is 225. The van der Waals surface area contributed by atoms with Crippen LogP contribution in [0.25, 0.3) is 0 Å². The van der Waals surface area contributed by atoms with Crippen molar-refractivity contribution in [1.82, 2.24) is 61.3 Å². The number of nitriles is 2. The van der Waals surface area contributed by atoms with Crippen molar-refractivity contribution in [2.75, 3.05) is 42.3 Å². The second-order valence-electron chi connectivity index (χ2n) is 41.7. The van der Waals surface area contributed by atoms with Gasteiger partial charge in [-0.15, -0.1) is 0 Å². The van der Waals surface area contributed by atoms with E-state index in [1.807, 2.05) is 123 Å². The molecule has 2 saturated heterocycles. The van der Waals surface area contributed by atoms with Gasteiger partial charge < -0.3 is 70.8 Å². The molecular formula is C97H166N14O16. The fourth-order valence-corrected chi connectivity index (χ4v) is 18.2. The van der Waals surface area contributed by atoms with E-state index in [1.165, 1.54) is 73.7 Å². The van der Waals surface area contributed by atoms with Gasteiger partial charge in [-0.3, -0.25) is 57.5 Å². The fraction of sp³-hybridized carbons (Fsp3) is 0.835. The lowest BCUT2D eigenvalue weighted by atomic mass is 9.83. The first kappa shape index (κ1) is 111. The fourth-order valence-electron chi connectivity index (χ4n) is 18.2. The van der Waals surface area contributed by atoms with Crippen molar-refractivity contribution in [3.63, 3.8) is 0 Å². The first-order valence-corrected chi connectivity index (χ1v) is 48.1. The van der Waals surface area contributed by atoms with Gasteiger partial charge in [0.15, 0.2) is 12.2 Å². The Kier molecular flexibility index (Phi) is 46.8. The Bertz CT molecular complexity index is 3680. The molecule has 4 rings (SSSR count). The summed E-state index contributed by atoms with van der Waals surface area (Å²) in [6.45, 7) is 34.0. The van der Waals surface area contributed by atoms with Crippen LogP contribution in [0.4, 0.5) is 0 Å². The minimum absolute atomic E-state index is 0.00449. The molecule has 12 amide bonds. The number of hydrogen-bond acceptors (Lipinski definition) is 18. The van der Waals surface area contributed by atoms with Crippen molar-refractivity contribution in [3.05, 3.63) is 0 Å². The summed E-state index contributed by atoms with van der Waals surface area (Å²) in [7, 11) is 8.69. The molecule has 30 heteroatoms. The zero-order chi connectivity index (χ0) is 95.7. The van der Waals surface area contributed by atoms with E-state index in [4.69, 9.17) is 9.47 Å². The number of unbranched alkanes of at least 4 members (excludes halogenated alkanes) is 2. The van der Waals surface area contributed by atoms with E-state index in [9.17, 15) is 20.1 Å². The smallest absolute Gasteiger partial charge is 0.329 e. The van der Waals surface area contributed by atoms with Crippen molar-refractivity contribution >= 4 is 82.8 Å². The molecule has 0 bridgehead atoms. The molecule has 2 heterocycles. The molecule has 30 nitrogen and oxygen atoms in total. The largest absolute Gasteiger partial charge is 0.451 e. The SMILES string of the molecule is CCCC[C@@H](C)C[C@@H]1NC(=O)[C@H](CC2CCCCC2)N(C)C(=O)[C@H](CC(C)CC[C@H]2C(=O)O[C@H](CCC#N)C(=O)N[C@@H](CC(C)C)C(=O)N(C)[C@@H](CC(C)C)C(=O)N[C@@H](CC(C)(C)C)C(=O)N(C)[C@@H](CC3CCCCC3)C(=O)N[C@@H](C[C@H](C)CCCC)C(=O)N2C)NC(=O)[C@H](CC(C)C)N(C)C(=O)[C@H](CCC(C)(C)C)NC(=O)[C@@H](CCC#N)OC(=O)[C@H](C)N(C)C1=O. The Hall–Kier alpha value is -8.44. The third-order valence-corrected chi connectivity index (χ3v) is 26.3. The number of esters is 2. The van der Waals surface area contributed by atoms with E-state index in [0.717, 1.165) is 94.8 Å². The van der Waals surface area contributed by atoms with Crippen LogP contribution in [-0.2, 0) is 76.6 Å². The number of carbonyl (C=O) groups is 14. The maximum atomic E-state index is 16.4. The van der Waals surface area contributed by atoms with Crippen LogP contribution in [0, 0.1) is 80.8 Å². The summed E-state index contributed by atoms with van der Waals surface area (Å²) in [5.74, 6) is -12.6. The normalized spacial score (nSPS) is 27.0. The summed E-state index contributed by atoms with van der Waals surface area (Å²) in [6, 6.07) is -11.9. The number of carbonyl (C=O) groups excluding carboxylic acids is 14. The van der Waals surface area contributed by atoms with Crippen LogP contribution in [0.5, 0.6) is 0 Å². The third kappa shape index (κ3) is 36.4. The Balaban J connectivity index is 2.13. The molecule has 17 atom stereocenters. The molecule has 2 saturated carbocycles. The highest BCUT2D eigenvalue weighted by atomic mass is 16.6. The molecule has 4 fully saturated rings. The lowest BCUT2D eigenvalue weighted by Gasteiger charge is -2.38. The molecule has 0 aromatic carbocycles. The number of amides is 12. The summed E-state index contributed by atoms with van der Waals surface area (Å²) in [5, 5.41) is 38.0. The Morgan fingerprint density at radius 1 is 0.362 bits per heavy atom. The van der Waals surface area contributed by atoms with Crippen LogP contribution in [0.15, 0.2) is 0 Å². The minimum atomic E-state index is -1.76. The highest BCUT2D eigenvalue weighted by molar-refractivity contribution is 6.00. The van der Waals surface area contributed by atoms with Gasteiger partial charge in [-0.25, -0.2) is 9.59 Å². The number of likely N-dealkylation sites (N-methyl/N-ethyl adjacent to an activating group) is 6. The molecule has 127 heavy (non-hydrogen) atoms. The van der Waals surface area contributed by atoms with E-state index in [0.29, 0.717) is 19.3 Å². The average molecular weight is 1780 g/mol. The van der Waals surface area contributed by atoms with E-state index in [2.05, 4.69) is 31.9 Å². The molecule has 0 spiro atoms. The Morgan fingerprint density at radius 2 is 0.677 bits per heavy atom. The highest BCUT2D eigenvalue weighted by Crippen LogP contribution is 2.34. The van der Waals surface area contributed by atoms with Gasteiger partial charge in [0.25, 0.3) is 11.8 Å². The highest BCUT2D eigenvalue weighted by Gasteiger charge is 2.47. The van der Waals surface area contributed by atoms with Gasteiger partial charge in [-0.05, 0) is 149 Å². The molecule has 4 aliphatic rings. The molecule has 1 unspecified atom stereocenters. The van der Waals surface area contributed by atoms with Crippen molar-refractivity contribution in [1.29, 1.82) is 10.5 Å². The zero-order valence-corrected chi connectivity index (χ0v) is 82.1. The van der Waals surface area contributed by atoms with Gasteiger partial charge in [0.1, 0.15) is 72.5 Å². The van der Waals surface area contributed by atoms with Crippen LogP contribution in [0.1, 0.15) is 337 Å². The molecule has 6 N–H and O–H groups in total. The van der Waals surface area contributed by atoms with E-state index in [-0.39, 0.29) is 144 Å². The standard InChI is InChI=1S/C97H166N14O16/c1-25-27-37-63(9)54-71-89(119)106(19)66(12)94(124)126-80(43-35-49-98)86(116)100-69(47-48-96(13,14)15)88(118)108(21)76(52-61(5)6)82(112)102-73(92(122)110(23)78(84(114)101-71)57-67-39-31-29-32-40-67)56-65(11)45-46-75-95(125)127-81(44-36-50-99)87(117)104-70(51-60(3)4)90(120)109(22)77(53-62(7)8)83(113)105-74(59-97(16,17)18)93(123)111(24)79(58-68-41-33-30-34-42-68)85(115)103-72(91(121)107(75)20)55-64(10)38-28-26-2/h60-81H,25-48,51-59H2,1-24H3,(H,100,116)(H,101,114)(H,102,112)(H,103,115)(H,104,117)(H,105,113)/t63-,64-,65?,66+,69+,70+,71+,72+,73+,74+,75+,76+,77+,78+,79+,80-,81-/m1/s1. The molecule has 2 aliphatic heterocycles. The van der Waals surface area contributed by atoms with Gasteiger partial charge >= 0.3 is 11.9 Å². The molecule has 0 aromatic rings. The summed E-state index contributed by atoms with van der Waals surface area (Å²) >= 11 is 0. The third-order valence-electron chi connectivity index (χ3n) is 26.3. The van der Waals surface area contributed by atoms with Crippen LogP contribution >= 0.6 is 0 Å². The van der Waals surface area contributed by atoms with Gasteiger partial charge in [0, 0.05) is 68.0 Å². The number of nitrogens with zero attached hydrogens (tertiary/aromatic N) is 8. The van der Waals surface area contributed by atoms with E-state index in [1.54, 1.807) is 6.92 Å². The number of cyclic esters (lactones) is 2. The Morgan fingerprint density at radius 3 is 1.05 bits per heavy atom. The van der Waals surface area contributed by atoms with Crippen molar-refractivity contribution < 1.29 is 76.6 Å². The van der Waals surface area contributed by atoms with Crippen LogP contribution in [0.3, 0.4) is 0 Å². The summed E-state index contributed by atoms with van der Waals surface area (Å²) in [6.07, 6.45) is 9.21. The van der Waals surface area contributed by atoms with Gasteiger partial charge in [0.05, 0.1) is 12.1 Å². The first-order valence-electron chi connectivity index (χ1n) is 48.1. The molecular weight excluding hydrogens is 1620 g/mol. The maximum absolute atomic E-state index is 16.4. The van der Waals surface area contributed by atoms with Gasteiger partial charge in [-0.1, -0.05) is 220 Å². The predicted octanol–water partition coefficient (Wildman–Crippen LogP) is 11.9. The number of hydrogen-bond donors (Lipinski definition) is 6. The lowest BCUT2D eigenvalue weighted by Crippen LogP contribution is -2.60. The monoisotopic (exact) mass is 1780 g/mol. The maximum Gasteiger partial charge on any atom is 0.329 e. The van der Waals surface area contributed by atoms with Crippen LogP contribution in [0.2, 0.25) is 0 Å². The molecule has 0 aromatic heterocycles. The van der Waals surface area contributed by atoms with E-state index < -0.39 is 184 Å². The second kappa shape index (κ2) is 53.6. The molecule has 720 valence electrons. The number of ether oxygens (including phenoxy) is 2. The number of rotatable bonds is 32.